The lowest BCUT2D eigenvalue weighted by molar-refractivity contribution is 0.0993. The maximum absolute atomic E-state index is 12.7. The molecule has 0 saturated heterocycles. The minimum atomic E-state index is -0.262. The predicted molar refractivity (Wildman–Crippen MR) is 104 cm³/mol. The van der Waals surface area contributed by atoms with Gasteiger partial charge in [0.2, 0.25) is 0 Å². The summed E-state index contributed by atoms with van der Waals surface area (Å²) in [6.07, 6.45) is 5.01. The van der Waals surface area contributed by atoms with Crippen LogP contribution in [0.15, 0.2) is 45.6 Å². The number of halogens is 1. The fraction of sp³-hybridized carbons (Fsp3) is 0.300. The number of aryl methyl sites for hydroxylation is 3. The van der Waals surface area contributed by atoms with Crippen molar-refractivity contribution in [1.29, 1.82) is 0 Å². The molecular formula is C20H20BrN3O2. The molecule has 0 bridgehead atoms. The number of aromatic nitrogens is 2. The van der Waals surface area contributed by atoms with Crippen molar-refractivity contribution in [2.75, 3.05) is 5.32 Å². The molecule has 1 aliphatic carbocycles. The fourth-order valence-corrected chi connectivity index (χ4v) is 4.16. The van der Waals surface area contributed by atoms with Gasteiger partial charge in [-0.1, -0.05) is 24.3 Å². The summed E-state index contributed by atoms with van der Waals surface area (Å²) in [7, 11) is 0. The molecule has 1 atom stereocenters. The summed E-state index contributed by atoms with van der Waals surface area (Å²) >= 11 is 3.27. The molecule has 1 amide bonds. The first-order chi connectivity index (χ1) is 12.5. The molecule has 3 aromatic rings. The van der Waals surface area contributed by atoms with Gasteiger partial charge in [-0.25, -0.2) is 4.68 Å². The monoisotopic (exact) mass is 413 g/mol. The maximum Gasteiger partial charge on any atom is 0.292 e. The third kappa shape index (κ3) is 2.98. The number of nitrogens with one attached hydrogen (secondary N) is 1. The van der Waals surface area contributed by atoms with Crippen molar-refractivity contribution in [3.63, 3.8) is 0 Å². The van der Waals surface area contributed by atoms with E-state index in [1.54, 1.807) is 12.3 Å². The Labute approximate surface area is 160 Å². The third-order valence-electron chi connectivity index (χ3n) is 4.94. The fourth-order valence-electron chi connectivity index (χ4n) is 3.66. The second kappa shape index (κ2) is 6.76. The zero-order valence-electron chi connectivity index (χ0n) is 14.8. The summed E-state index contributed by atoms with van der Waals surface area (Å²) in [5, 5.41) is 7.58. The highest BCUT2D eigenvalue weighted by molar-refractivity contribution is 9.10. The van der Waals surface area contributed by atoms with Crippen LogP contribution < -0.4 is 5.32 Å². The van der Waals surface area contributed by atoms with Crippen LogP contribution in [0.4, 0.5) is 5.82 Å². The van der Waals surface area contributed by atoms with Crippen LogP contribution in [0.2, 0.25) is 0 Å². The zero-order chi connectivity index (χ0) is 18.3. The van der Waals surface area contributed by atoms with Gasteiger partial charge in [-0.2, -0.15) is 5.10 Å². The molecule has 6 heteroatoms. The lowest BCUT2D eigenvalue weighted by Gasteiger charge is -2.27. The highest BCUT2D eigenvalue weighted by atomic mass is 79.9. The minimum absolute atomic E-state index is 0.133. The number of fused-ring (bicyclic) bond motifs is 1. The Morgan fingerprint density at radius 3 is 2.88 bits per heavy atom. The Kier molecular flexibility index (Phi) is 4.44. The van der Waals surface area contributed by atoms with Gasteiger partial charge in [-0.15, -0.1) is 0 Å². The molecule has 0 aliphatic heterocycles. The van der Waals surface area contributed by atoms with E-state index in [4.69, 9.17) is 4.42 Å². The summed E-state index contributed by atoms with van der Waals surface area (Å²) in [6.45, 7) is 3.81. The van der Waals surface area contributed by atoms with Gasteiger partial charge in [-0.3, -0.25) is 4.79 Å². The van der Waals surface area contributed by atoms with Crippen LogP contribution in [0.25, 0.3) is 0 Å². The van der Waals surface area contributed by atoms with E-state index in [0.29, 0.717) is 10.4 Å². The Morgan fingerprint density at radius 2 is 2.12 bits per heavy atom. The summed E-state index contributed by atoms with van der Waals surface area (Å²) in [5.74, 6) is 0.777. The van der Waals surface area contributed by atoms with E-state index in [0.717, 1.165) is 36.2 Å². The largest absolute Gasteiger partial charge is 0.444 e. The van der Waals surface area contributed by atoms with Crippen LogP contribution in [0.1, 0.15) is 51.7 Å². The Balaban J connectivity index is 1.69. The van der Waals surface area contributed by atoms with Crippen molar-refractivity contribution in [2.24, 2.45) is 0 Å². The van der Waals surface area contributed by atoms with Crippen LogP contribution in [0.3, 0.4) is 0 Å². The first-order valence-corrected chi connectivity index (χ1v) is 9.53. The molecule has 2 aromatic heterocycles. The topological polar surface area (TPSA) is 60.1 Å². The van der Waals surface area contributed by atoms with Gasteiger partial charge < -0.3 is 9.73 Å². The molecule has 1 aliphatic rings. The highest BCUT2D eigenvalue weighted by Gasteiger charge is 2.26. The van der Waals surface area contributed by atoms with Crippen LogP contribution in [0.5, 0.6) is 0 Å². The molecule has 0 fully saturated rings. The number of amides is 1. The second-order valence-electron chi connectivity index (χ2n) is 6.74. The summed E-state index contributed by atoms with van der Waals surface area (Å²) in [4.78, 5) is 12.7. The van der Waals surface area contributed by atoms with Crippen molar-refractivity contribution in [3.05, 3.63) is 69.2 Å². The Morgan fingerprint density at radius 1 is 1.31 bits per heavy atom. The van der Waals surface area contributed by atoms with E-state index in [9.17, 15) is 4.79 Å². The second-order valence-corrected chi connectivity index (χ2v) is 7.53. The molecule has 26 heavy (non-hydrogen) atoms. The molecule has 5 nitrogen and oxygen atoms in total. The maximum atomic E-state index is 12.7. The lowest BCUT2D eigenvalue weighted by Crippen LogP contribution is -2.22. The minimum Gasteiger partial charge on any atom is -0.444 e. The van der Waals surface area contributed by atoms with Crippen molar-refractivity contribution in [3.8, 4) is 0 Å². The number of furan rings is 1. The van der Waals surface area contributed by atoms with E-state index in [2.05, 4.69) is 50.6 Å². The van der Waals surface area contributed by atoms with Gasteiger partial charge in [0, 0.05) is 11.1 Å². The number of carbonyl (C=O) groups excluding carboxylic acids is 1. The van der Waals surface area contributed by atoms with E-state index in [1.807, 2.05) is 18.5 Å². The molecule has 1 N–H and O–H groups in total. The number of hydrogen-bond acceptors (Lipinski definition) is 3. The summed E-state index contributed by atoms with van der Waals surface area (Å²) < 4.78 is 7.97. The summed E-state index contributed by atoms with van der Waals surface area (Å²) in [5.41, 5.74) is 4.38. The smallest absolute Gasteiger partial charge is 0.292 e. The van der Waals surface area contributed by atoms with Crippen molar-refractivity contribution in [2.45, 2.75) is 39.2 Å². The van der Waals surface area contributed by atoms with E-state index < -0.39 is 0 Å². The highest BCUT2D eigenvalue weighted by Crippen LogP contribution is 2.35. The number of benzene rings is 1. The standard InChI is InChI=1S/C20H20BrN3O2/c1-12-10-17(21)26-18(12)20(25)23-19-13(2)11-22-24(19)16-9-5-7-14-6-3-4-8-15(14)16/h3-4,6,8,10-11,16H,5,7,9H2,1-2H3,(H,23,25). The average Bonchev–Trinajstić information content (AvgIpc) is 3.16. The van der Waals surface area contributed by atoms with Crippen LogP contribution in [-0.2, 0) is 6.42 Å². The van der Waals surface area contributed by atoms with Crippen molar-refractivity contribution in [1.82, 2.24) is 9.78 Å². The first-order valence-electron chi connectivity index (χ1n) is 8.74. The number of anilines is 1. The zero-order valence-corrected chi connectivity index (χ0v) is 16.3. The van der Waals surface area contributed by atoms with Gasteiger partial charge in [0.1, 0.15) is 5.82 Å². The van der Waals surface area contributed by atoms with Gasteiger partial charge in [0.05, 0.1) is 12.2 Å². The Bertz CT molecular complexity index is 973. The molecule has 134 valence electrons. The van der Waals surface area contributed by atoms with Crippen molar-refractivity contribution >= 4 is 27.7 Å². The van der Waals surface area contributed by atoms with Gasteiger partial charge in [-0.05, 0) is 66.2 Å². The molecule has 0 spiro atoms. The van der Waals surface area contributed by atoms with Crippen molar-refractivity contribution < 1.29 is 9.21 Å². The molecule has 4 rings (SSSR count). The normalized spacial score (nSPS) is 16.3. The van der Waals surface area contributed by atoms with Gasteiger partial charge in [0.25, 0.3) is 5.91 Å². The van der Waals surface area contributed by atoms with Gasteiger partial charge in [0.15, 0.2) is 10.4 Å². The molecular weight excluding hydrogens is 394 g/mol. The SMILES string of the molecule is Cc1cc(Br)oc1C(=O)Nc1c(C)cnn1C1CCCc2ccccc21. The van der Waals surface area contributed by atoms with Crippen LogP contribution >= 0.6 is 15.9 Å². The number of nitrogens with zero attached hydrogens (tertiary/aromatic N) is 2. The van der Waals surface area contributed by atoms with Crippen LogP contribution in [0, 0.1) is 13.8 Å². The average molecular weight is 414 g/mol. The number of carbonyl (C=O) groups is 1. The lowest BCUT2D eigenvalue weighted by atomic mass is 9.88. The number of rotatable bonds is 3. The molecule has 2 heterocycles. The molecule has 0 saturated carbocycles. The predicted octanol–water partition coefficient (Wildman–Crippen LogP) is 5.03. The van der Waals surface area contributed by atoms with E-state index in [1.165, 1.54) is 11.1 Å². The van der Waals surface area contributed by atoms with Crippen LogP contribution in [-0.4, -0.2) is 15.7 Å². The first kappa shape index (κ1) is 17.1. The Hall–Kier alpha value is -2.34. The van der Waals surface area contributed by atoms with E-state index >= 15 is 0 Å². The molecule has 0 radical (unpaired) electrons. The molecule has 1 unspecified atom stereocenters. The molecule has 1 aromatic carbocycles. The van der Waals surface area contributed by atoms with Gasteiger partial charge >= 0.3 is 0 Å². The third-order valence-corrected chi connectivity index (χ3v) is 5.33. The number of hydrogen-bond donors (Lipinski definition) is 1. The quantitative estimate of drug-likeness (QED) is 0.654. The summed E-state index contributed by atoms with van der Waals surface area (Å²) in [6, 6.07) is 10.4. The van der Waals surface area contributed by atoms with E-state index in [-0.39, 0.29) is 11.9 Å².